The van der Waals surface area contributed by atoms with Crippen molar-refractivity contribution in [3.05, 3.63) is 34.6 Å². The molecule has 0 atom stereocenters. The summed E-state index contributed by atoms with van der Waals surface area (Å²) in [7, 11) is 0. The van der Waals surface area contributed by atoms with Gasteiger partial charge in [0.2, 0.25) is 0 Å². The Morgan fingerprint density at radius 3 is 2.18 bits per heavy atom. The van der Waals surface area contributed by atoms with Crippen molar-refractivity contribution < 1.29 is 18.0 Å². The highest BCUT2D eigenvalue weighted by Crippen LogP contribution is 2.20. The van der Waals surface area contributed by atoms with Gasteiger partial charge in [0.1, 0.15) is 11.4 Å². The van der Waals surface area contributed by atoms with Gasteiger partial charge in [-0.3, -0.25) is 4.79 Å². The predicted octanol–water partition coefficient (Wildman–Crippen LogP) is 2.94. The van der Waals surface area contributed by atoms with E-state index < -0.39 is 34.5 Å². The molecule has 0 spiro atoms. The molecule has 0 fully saturated rings. The molecule has 0 unspecified atom stereocenters. The largest absolute Gasteiger partial charge is 0.347 e. The van der Waals surface area contributed by atoms with E-state index in [9.17, 15) is 18.0 Å². The van der Waals surface area contributed by atoms with E-state index in [-0.39, 0.29) is 5.56 Å². The molecule has 0 aliphatic rings. The highest BCUT2D eigenvalue weighted by Gasteiger charge is 2.25. The van der Waals surface area contributed by atoms with E-state index in [2.05, 4.69) is 5.32 Å². The minimum atomic E-state index is -1.45. The first-order valence-corrected chi connectivity index (χ1v) is 5.10. The Bertz CT molecular complexity index is 464. The molecule has 1 aromatic rings. The van der Waals surface area contributed by atoms with Crippen LogP contribution >= 0.6 is 0 Å². The summed E-state index contributed by atoms with van der Waals surface area (Å²) in [5.41, 5.74) is -1.72. The molecule has 17 heavy (non-hydrogen) atoms. The molecule has 0 heterocycles. The number of benzene rings is 1. The molecule has 0 aliphatic carbocycles. The second kappa shape index (κ2) is 4.39. The molecular formula is C12H14F3NO. The van der Waals surface area contributed by atoms with Gasteiger partial charge in [-0.1, -0.05) is 0 Å². The highest BCUT2D eigenvalue weighted by molar-refractivity contribution is 5.95. The lowest BCUT2D eigenvalue weighted by Crippen LogP contribution is -2.41. The van der Waals surface area contributed by atoms with E-state index >= 15 is 0 Å². The van der Waals surface area contributed by atoms with Gasteiger partial charge in [-0.05, 0) is 39.3 Å². The minimum absolute atomic E-state index is 0.174. The summed E-state index contributed by atoms with van der Waals surface area (Å²) in [5.74, 6) is -4.69. The number of hydrogen-bond donors (Lipinski definition) is 1. The van der Waals surface area contributed by atoms with Crippen LogP contribution in [0, 0.1) is 24.4 Å². The molecule has 1 aromatic carbocycles. The van der Waals surface area contributed by atoms with E-state index in [0.717, 1.165) is 6.07 Å². The summed E-state index contributed by atoms with van der Waals surface area (Å²) < 4.78 is 40.2. The van der Waals surface area contributed by atoms with Gasteiger partial charge in [-0.2, -0.15) is 0 Å². The molecule has 0 bridgehead atoms. The number of carbonyl (C=O) groups is 1. The first-order chi connectivity index (χ1) is 7.63. The van der Waals surface area contributed by atoms with Crippen LogP contribution in [0.25, 0.3) is 0 Å². The first-order valence-electron chi connectivity index (χ1n) is 5.10. The van der Waals surface area contributed by atoms with Crippen LogP contribution in [0.1, 0.15) is 36.7 Å². The normalized spacial score (nSPS) is 11.5. The molecular weight excluding hydrogens is 231 g/mol. The molecule has 0 aromatic heterocycles. The zero-order valence-corrected chi connectivity index (χ0v) is 10.1. The Kier molecular flexibility index (Phi) is 3.50. The summed E-state index contributed by atoms with van der Waals surface area (Å²) in [6.07, 6.45) is 0. The summed E-state index contributed by atoms with van der Waals surface area (Å²) in [4.78, 5) is 11.6. The van der Waals surface area contributed by atoms with Gasteiger partial charge in [0.25, 0.3) is 5.91 Å². The predicted molar refractivity (Wildman–Crippen MR) is 58.3 cm³/mol. The van der Waals surface area contributed by atoms with E-state index in [1.54, 1.807) is 20.8 Å². The van der Waals surface area contributed by atoms with Crippen molar-refractivity contribution in [1.82, 2.24) is 5.32 Å². The Morgan fingerprint density at radius 1 is 1.18 bits per heavy atom. The zero-order valence-electron chi connectivity index (χ0n) is 10.1. The molecule has 1 rings (SSSR count). The Labute approximate surface area is 97.8 Å². The van der Waals surface area contributed by atoms with Gasteiger partial charge in [0.15, 0.2) is 11.6 Å². The smallest absolute Gasteiger partial charge is 0.257 e. The lowest BCUT2D eigenvalue weighted by atomic mass is 10.1. The summed E-state index contributed by atoms with van der Waals surface area (Å²) in [5, 5.41) is 2.38. The Morgan fingerprint density at radius 2 is 1.71 bits per heavy atom. The van der Waals surface area contributed by atoms with Crippen LogP contribution in [0.4, 0.5) is 13.2 Å². The number of amides is 1. The van der Waals surface area contributed by atoms with E-state index in [0.29, 0.717) is 0 Å². The topological polar surface area (TPSA) is 29.1 Å². The van der Waals surface area contributed by atoms with Gasteiger partial charge in [0, 0.05) is 5.54 Å². The average Bonchev–Trinajstić information content (AvgIpc) is 2.11. The van der Waals surface area contributed by atoms with Crippen LogP contribution in [0.15, 0.2) is 6.07 Å². The molecule has 0 saturated carbocycles. The van der Waals surface area contributed by atoms with E-state index in [4.69, 9.17) is 0 Å². The lowest BCUT2D eigenvalue weighted by Gasteiger charge is -2.21. The van der Waals surface area contributed by atoms with Crippen molar-refractivity contribution in [2.24, 2.45) is 0 Å². The molecule has 5 heteroatoms. The maximum absolute atomic E-state index is 13.5. The second-order valence-electron chi connectivity index (χ2n) is 4.88. The van der Waals surface area contributed by atoms with Gasteiger partial charge in [-0.15, -0.1) is 0 Å². The van der Waals surface area contributed by atoms with E-state index in [1.165, 1.54) is 6.92 Å². The third-order valence-corrected chi connectivity index (χ3v) is 2.06. The van der Waals surface area contributed by atoms with E-state index in [1.807, 2.05) is 0 Å². The van der Waals surface area contributed by atoms with Crippen LogP contribution in [0.5, 0.6) is 0 Å². The third kappa shape index (κ3) is 2.99. The standard InChI is InChI=1S/C12H14F3NO/c1-6-5-7(13)8(10(15)9(6)14)11(17)16-12(2,3)4/h5H,1-4H3,(H,16,17). The fourth-order valence-corrected chi connectivity index (χ4v) is 1.32. The van der Waals surface area contributed by atoms with Gasteiger partial charge in [-0.25, -0.2) is 13.2 Å². The number of halogens is 3. The molecule has 2 nitrogen and oxygen atoms in total. The fraction of sp³-hybridized carbons (Fsp3) is 0.417. The monoisotopic (exact) mass is 245 g/mol. The summed E-state index contributed by atoms with van der Waals surface area (Å²) in [6, 6.07) is 0.802. The molecule has 94 valence electrons. The SMILES string of the molecule is Cc1cc(F)c(C(=O)NC(C)(C)C)c(F)c1F. The van der Waals surface area contributed by atoms with Crippen molar-refractivity contribution in [3.63, 3.8) is 0 Å². The third-order valence-electron chi connectivity index (χ3n) is 2.06. The second-order valence-corrected chi connectivity index (χ2v) is 4.88. The average molecular weight is 245 g/mol. The van der Waals surface area contributed by atoms with Crippen molar-refractivity contribution in [1.29, 1.82) is 0 Å². The fourth-order valence-electron chi connectivity index (χ4n) is 1.32. The van der Waals surface area contributed by atoms with Crippen LogP contribution < -0.4 is 5.32 Å². The Balaban J connectivity index is 3.24. The molecule has 1 amide bonds. The maximum Gasteiger partial charge on any atom is 0.257 e. The number of rotatable bonds is 1. The number of aryl methyl sites for hydroxylation is 1. The molecule has 0 saturated heterocycles. The van der Waals surface area contributed by atoms with Crippen LogP contribution in [-0.4, -0.2) is 11.4 Å². The van der Waals surface area contributed by atoms with Gasteiger partial charge in [0.05, 0.1) is 0 Å². The summed E-state index contributed by atoms with van der Waals surface area (Å²) >= 11 is 0. The number of hydrogen-bond acceptors (Lipinski definition) is 1. The van der Waals surface area contributed by atoms with Crippen LogP contribution in [0.2, 0.25) is 0 Å². The zero-order chi connectivity index (χ0) is 13.4. The van der Waals surface area contributed by atoms with Crippen molar-refractivity contribution in [3.8, 4) is 0 Å². The quantitative estimate of drug-likeness (QED) is 0.757. The van der Waals surface area contributed by atoms with Crippen molar-refractivity contribution in [2.45, 2.75) is 33.2 Å². The molecule has 0 aliphatic heterocycles. The van der Waals surface area contributed by atoms with Crippen LogP contribution in [0.3, 0.4) is 0 Å². The van der Waals surface area contributed by atoms with Crippen LogP contribution in [-0.2, 0) is 0 Å². The van der Waals surface area contributed by atoms with Gasteiger partial charge < -0.3 is 5.32 Å². The maximum atomic E-state index is 13.5. The minimum Gasteiger partial charge on any atom is -0.347 e. The van der Waals surface area contributed by atoms with Crippen molar-refractivity contribution in [2.75, 3.05) is 0 Å². The number of nitrogens with one attached hydrogen (secondary N) is 1. The van der Waals surface area contributed by atoms with Crippen molar-refractivity contribution >= 4 is 5.91 Å². The first kappa shape index (κ1) is 13.5. The Hall–Kier alpha value is -1.52. The van der Waals surface area contributed by atoms with Gasteiger partial charge >= 0.3 is 0 Å². The number of carbonyl (C=O) groups excluding carboxylic acids is 1. The summed E-state index contributed by atoms with van der Waals surface area (Å²) in [6.45, 7) is 6.20. The lowest BCUT2D eigenvalue weighted by molar-refractivity contribution is 0.0909. The molecule has 1 N–H and O–H groups in total. The molecule has 0 radical (unpaired) electrons. The highest BCUT2D eigenvalue weighted by atomic mass is 19.2.